The fourth-order valence-corrected chi connectivity index (χ4v) is 1.59. The van der Waals surface area contributed by atoms with Crippen LogP contribution in [0, 0.1) is 0 Å². The van der Waals surface area contributed by atoms with Crippen molar-refractivity contribution >= 4 is 16.7 Å². The van der Waals surface area contributed by atoms with E-state index in [1.165, 1.54) is 0 Å². The number of methoxy groups -OCH3 is 2. The number of para-hydroxylation sites is 1. The second-order valence-corrected chi connectivity index (χ2v) is 3.52. The molecule has 0 aliphatic heterocycles. The first kappa shape index (κ1) is 11.8. The summed E-state index contributed by atoms with van der Waals surface area (Å²) >= 11 is 0. The average Bonchev–Trinajstić information content (AvgIpc) is 2.40. The van der Waals surface area contributed by atoms with Crippen molar-refractivity contribution in [3.63, 3.8) is 0 Å². The average molecular weight is 233 g/mol. The van der Waals surface area contributed by atoms with Gasteiger partial charge in [0.1, 0.15) is 12.1 Å². The Balaban J connectivity index is 2.18. The molecule has 0 spiro atoms. The molecule has 2 aromatic rings. The van der Waals surface area contributed by atoms with Crippen LogP contribution >= 0.6 is 0 Å². The molecule has 5 heteroatoms. The van der Waals surface area contributed by atoms with Crippen LogP contribution in [0.4, 0.5) is 5.82 Å². The Morgan fingerprint density at radius 3 is 2.71 bits per heavy atom. The molecule has 1 aromatic heterocycles. The minimum Gasteiger partial charge on any atom is -0.364 e. The number of aromatic nitrogens is 2. The van der Waals surface area contributed by atoms with E-state index in [4.69, 9.17) is 9.47 Å². The molecule has 1 aromatic carbocycles. The Bertz CT molecular complexity index is 481. The van der Waals surface area contributed by atoms with Crippen LogP contribution in [0.25, 0.3) is 10.9 Å². The Morgan fingerprint density at radius 1 is 1.18 bits per heavy atom. The van der Waals surface area contributed by atoms with Gasteiger partial charge in [-0.3, -0.25) is 0 Å². The lowest BCUT2D eigenvalue weighted by atomic mass is 10.2. The number of anilines is 1. The van der Waals surface area contributed by atoms with Gasteiger partial charge in [0.25, 0.3) is 0 Å². The van der Waals surface area contributed by atoms with Crippen LogP contribution in [-0.2, 0) is 9.47 Å². The van der Waals surface area contributed by atoms with Gasteiger partial charge in [0.2, 0.25) is 0 Å². The molecule has 0 aliphatic carbocycles. The standard InChI is InChI=1S/C12H15N3O2/c1-16-11(17-2)7-13-12-9-5-3-4-6-10(9)14-8-15-12/h3-6,8,11H,7H2,1-2H3,(H,13,14,15). The summed E-state index contributed by atoms with van der Waals surface area (Å²) in [6, 6.07) is 7.84. The number of hydrogen-bond acceptors (Lipinski definition) is 5. The molecular weight excluding hydrogens is 218 g/mol. The molecule has 0 amide bonds. The van der Waals surface area contributed by atoms with Gasteiger partial charge in [-0.15, -0.1) is 0 Å². The second-order valence-electron chi connectivity index (χ2n) is 3.52. The molecule has 0 radical (unpaired) electrons. The van der Waals surface area contributed by atoms with Gasteiger partial charge in [-0.2, -0.15) is 0 Å². The minimum atomic E-state index is -0.288. The summed E-state index contributed by atoms with van der Waals surface area (Å²) in [6.45, 7) is 0.536. The third-order valence-corrected chi connectivity index (χ3v) is 2.50. The first-order valence-corrected chi connectivity index (χ1v) is 5.34. The summed E-state index contributed by atoms with van der Waals surface area (Å²) in [7, 11) is 3.21. The monoisotopic (exact) mass is 233 g/mol. The lowest BCUT2D eigenvalue weighted by molar-refractivity contribution is -0.0914. The Labute approximate surface area is 99.8 Å². The Kier molecular flexibility index (Phi) is 3.85. The van der Waals surface area contributed by atoms with Gasteiger partial charge >= 0.3 is 0 Å². The van der Waals surface area contributed by atoms with Crippen molar-refractivity contribution in [2.75, 3.05) is 26.1 Å². The van der Waals surface area contributed by atoms with E-state index in [-0.39, 0.29) is 6.29 Å². The molecule has 0 saturated heterocycles. The molecule has 0 bridgehead atoms. The number of rotatable bonds is 5. The lowest BCUT2D eigenvalue weighted by Gasteiger charge is -2.15. The second kappa shape index (κ2) is 5.56. The fourth-order valence-electron chi connectivity index (χ4n) is 1.59. The summed E-state index contributed by atoms with van der Waals surface area (Å²) in [6.07, 6.45) is 1.25. The van der Waals surface area contributed by atoms with Crippen LogP contribution in [0.5, 0.6) is 0 Å². The number of fused-ring (bicyclic) bond motifs is 1. The van der Waals surface area contributed by atoms with Crippen molar-refractivity contribution in [1.29, 1.82) is 0 Å². The van der Waals surface area contributed by atoms with Crippen LogP contribution in [0.3, 0.4) is 0 Å². The Morgan fingerprint density at radius 2 is 1.94 bits per heavy atom. The Hall–Kier alpha value is -1.72. The van der Waals surface area contributed by atoms with E-state index in [1.807, 2.05) is 24.3 Å². The van der Waals surface area contributed by atoms with E-state index >= 15 is 0 Å². The quantitative estimate of drug-likeness (QED) is 0.796. The van der Waals surface area contributed by atoms with Gasteiger partial charge in [-0.05, 0) is 12.1 Å². The van der Waals surface area contributed by atoms with Gasteiger partial charge in [0.05, 0.1) is 12.1 Å². The van der Waals surface area contributed by atoms with E-state index in [0.29, 0.717) is 6.54 Å². The van der Waals surface area contributed by atoms with Gasteiger partial charge in [0.15, 0.2) is 6.29 Å². The predicted octanol–water partition coefficient (Wildman–Crippen LogP) is 1.66. The first-order valence-electron chi connectivity index (χ1n) is 5.34. The van der Waals surface area contributed by atoms with Crippen molar-refractivity contribution < 1.29 is 9.47 Å². The van der Waals surface area contributed by atoms with Crippen LogP contribution in [0.2, 0.25) is 0 Å². The molecule has 5 nitrogen and oxygen atoms in total. The lowest BCUT2D eigenvalue weighted by Crippen LogP contribution is -2.24. The molecule has 2 rings (SSSR count). The summed E-state index contributed by atoms with van der Waals surface area (Å²) in [4.78, 5) is 8.41. The number of nitrogens with zero attached hydrogens (tertiary/aromatic N) is 2. The minimum absolute atomic E-state index is 0.288. The maximum absolute atomic E-state index is 5.11. The van der Waals surface area contributed by atoms with Crippen molar-refractivity contribution in [2.24, 2.45) is 0 Å². The SMILES string of the molecule is COC(CNc1ncnc2ccccc12)OC. The maximum Gasteiger partial charge on any atom is 0.173 e. The molecule has 1 N–H and O–H groups in total. The zero-order valence-corrected chi connectivity index (χ0v) is 9.88. The molecule has 0 aliphatic rings. The predicted molar refractivity (Wildman–Crippen MR) is 65.8 cm³/mol. The molecular formula is C12H15N3O2. The number of nitrogens with one attached hydrogen (secondary N) is 1. The van der Waals surface area contributed by atoms with E-state index < -0.39 is 0 Å². The highest BCUT2D eigenvalue weighted by Crippen LogP contribution is 2.18. The van der Waals surface area contributed by atoms with Gasteiger partial charge in [-0.1, -0.05) is 12.1 Å². The maximum atomic E-state index is 5.11. The molecule has 1 heterocycles. The van der Waals surface area contributed by atoms with Crippen molar-refractivity contribution in [1.82, 2.24) is 9.97 Å². The van der Waals surface area contributed by atoms with Gasteiger partial charge < -0.3 is 14.8 Å². The van der Waals surface area contributed by atoms with Crippen molar-refractivity contribution in [3.05, 3.63) is 30.6 Å². The van der Waals surface area contributed by atoms with E-state index in [9.17, 15) is 0 Å². The first-order chi connectivity index (χ1) is 8.35. The number of hydrogen-bond donors (Lipinski definition) is 1. The van der Waals surface area contributed by atoms with Crippen LogP contribution in [0.15, 0.2) is 30.6 Å². The third kappa shape index (κ3) is 2.69. The van der Waals surface area contributed by atoms with Crippen LogP contribution in [-0.4, -0.2) is 37.0 Å². The molecule has 0 atom stereocenters. The van der Waals surface area contributed by atoms with E-state index in [1.54, 1.807) is 20.5 Å². The van der Waals surface area contributed by atoms with Crippen LogP contribution in [0.1, 0.15) is 0 Å². The fraction of sp³-hybridized carbons (Fsp3) is 0.333. The normalized spacial score (nSPS) is 11.0. The highest BCUT2D eigenvalue weighted by Gasteiger charge is 2.07. The zero-order chi connectivity index (χ0) is 12.1. The molecule has 0 unspecified atom stereocenters. The highest BCUT2D eigenvalue weighted by atomic mass is 16.7. The molecule has 90 valence electrons. The van der Waals surface area contributed by atoms with Crippen LogP contribution < -0.4 is 5.32 Å². The number of benzene rings is 1. The molecule has 17 heavy (non-hydrogen) atoms. The number of ether oxygens (including phenoxy) is 2. The summed E-state index contributed by atoms with van der Waals surface area (Å²) in [5.74, 6) is 0.787. The summed E-state index contributed by atoms with van der Waals surface area (Å²) in [5, 5.41) is 4.18. The van der Waals surface area contributed by atoms with E-state index in [0.717, 1.165) is 16.7 Å². The van der Waals surface area contributed by atoms with Crippen molar-refractivity contribution in [2.45, 2.75) is 6.29 Å². The largest absolute Gasteiger partial charge is 0.364 e. The molecule has 0 saturated carbocycles. The topological polar surface area (TPSA) is 56.3 Å². The third-order valence-electron chi connectivity index (χ3n) is 2.50. The van der Waals surface area contributed by atoms with Gasteiger partial charge in [-0.25, -0.2) is 9.97 Å². The van der Waals surface area contributed by atoms with Crippen molar-refractivity contribution in [3.8, 4) is 0 Å². The molecule has 0 fully saturated rings. The van der Waals surface area contributed by atoms with E-state index in [2.05, 4.69) is 15.3 Å². The zero-order valence-electron chi connectivity index (χ0n) is 9.88. The summed E-state index contributed by atoms with van der Waals surface area (Å²) in [5.41, 5.74) is 0.913. The summed E-state index contributed by atoms with van der Waals surface area (Å²) < 4.78 is 10.2. The highest BCUT2D eigenvalue weighted by molar-refractivity contribution is 5.88. The van der Waals surface area contributed by atoms with Gasteiger partial charge in [0, 0.05) is 19.6 Å². The smallest absolute Gasteiger partial charge is 0.173 e.